The Morgan fingerprint density at radius 2 is 1.96 bits per heavy atom. The van der Waals surface area contributed by atoms with Crippen molar-refractivity contribution >= 4 is 23.6 Å². The van der Waals surface area contributed by atoms with E-state index in [1.54, 1.807) is 0 Å². The van der Waals surface area contributed by atoms with Gasteiger partial charge in [0.2, 0.25) is 5.91 Å². The molecule has 0 aliphatic heterocycles. The van der Waals surface area contributed by atoms with Crippen LogP contribution >= 0.6 is 11.8 Å². The van der Waals surface area contributed by atoms with Crippen LogP contribution < -0.4 is 10.1 Å². The third-order valence-corrected chi connectivity index (χ3v) is 4.66. The van der Waals surface area contributed by atoms with Crippen molar-refractivity contribution in [2.45, 2.75) is 20.0 Å². The summed E-state index contributed by atoms with van der Waals surface area (Å²) >= 11 is 1.28. The third kappa shape index (κ3) is 7.19. The third-order valence-electron chi connectivity index (χ3n) is 3.71. The Labute approximate surface area is 157 Å². The number of carboxylic acid groups (broad SMARTS) is 1. The molecule has 0 bridgehead atoms. The van der Waals surface area contributed by atoms with Crippen LogP contribution in [-0.4, -0.2) is 35.0 Å². The predicted molar refractivity (Wildman–Crippen MR) is 104 cm³/mol. The summed E-state index contributed by atoms with van der Waals surface area (Å²) in [4.78, 5) is 22.4. The minimum atomic E-state index is -0.844. The summed E-state index contributed by atoms with van der Waals surface area (Å²) < 4.78 is 5.84. The van der Waals surface area contributed by atoms with E-state index in [-0.39, 0.29) is 18.1 Å². The van der Waals surface area contributed by atoms with Crippen molar-refractivity contribution < 1.29 is 19.4 Å². The number of aryl methyl sites for hydroxylation is 1. The molecule has 0 heterocycles. The lowest BCUT2D eigenvalue weighted by Gasteiger charge is -2.10. The Morgan fingerprint density at radius 3 is 2.73 bits per heavy atom. The molecular formula is C20H23NO4S. The number of hydrogen-bond acceptors (Lipinski definition) is 4. The van der Waals surface area contributed by atoms with E-state index < -0.39 is 5.97 Å². The van der Waals surface area contributed by atoms with Gasteiger partial charge in [0, 0.05) is 12.3 Å². The van der Waals surface area contributed by atoms with Gasteiger partial charge in [-0.1, -0.05) is 36.4 Å². The molecule has 0 aliphatic carbocycles. The molecule has 0 saturated heterocycles. The van der Waals surface area contributed by atoms with Crippen LogP contribution in [0.2, 0.25) is 0 Å². The van der Waals surface area contributed by atoms with Crippen LogP contribution in [0.5, 0.6) is 5.75 Å². The molecule has 0 spiro atoms. The predicted octanol–water partition coefficient (Wildman–Crippen LogP) is 3.05. The Balaban J connectivity index is 1.78. The van der Waals surface area contributed by atoms with Gasteiger partial charge < -0.3 is 15.2 Å². The summed E-state index contributed by atoms with van der Waals surface area (Å²) in [5.41, 5.74) is 3.20. The second kappa shape index (κ2) is 10.5. The van der Waals surface area contributed by atoms with Gasteiger partial charge in [-0.05, 0) is 35.7 Å². The molecule has 0 saturated carbocycles. The molecule has 0 aliphatic rings. The first-order chi connectivity index (χ1) is 12.5. The van der Waals surface area contributed by atoms with Crippen LogP contribution in [0.3, 0.4) is 0 Å². The zero-order valence-corrected chi connectivity index (χ0v) is 15.6. The van der Waals surface area contributed by atoms with Crippen molar-refractivity contribution in [1.82, 2.24) is 5.32 Å². The number of amides is 1. The monoisotopic (exact) mass is 373 g/mol. The summed E-state index contributed by atoms with van der Waals surface area (Å²) in [5, 5.41) is 11.4. The van der Waals surface area contributed by atoms with Crippen molar-refractivity contribution in [3.63, 3.8) is 0 Å². The number of carboxylic acids is 1. The normalized spacial score (nSPS) is 10.3. The number of carbonyl (C=O) groups excluding carboxylic acids is 1. The maximum absolute atomic E-state index is 12.0. The minimum absolute atomic E-state index is 0.0517. The van der Waals surface area contributed by atoms with Crippen molar-refractivity contribution in [2.24, 2.45) is 0 Å². The zero-order valence-electron chi connectivity index (χ0n) is 14.7. The molecule has 1 amide bonds. The fourth-order valence-corrected chi connectivity index (χ4v) is 2.91. The van der Waals surface area contributed by atoms with E-state index in [0.29, 0.717) is 18.9 Å². The minimum Gasteiger partial charge on any atom is -0.489 e. The number of carbonyl (C=O) groups is 2. The number of aliphatic carboxylic acids is 1. The summed E-state index contributed by atoms with van der Waals surface area (Å²) in [5.74, 6) is 0.435. The molecule has 138 valence electrons. The first-order valence-electron chi connectivity index (χ1n) is 8.37. The summed E-state index contributed by atoms with van der Waals surface area (Å²) in [6, 6.07) is 15.6. The number of ether oxygens (including phenoxy) is 1. The topological polar surface area (TPSA) is 75.6 Å². The highest BCUT2D eigenvalue weighted by molar-refractivity contribution is 7.99. The molecule has 2 aromatic carbocycles. The lowest BCUT2D eigenvalue weighted by molar-refractivity contribution is -0.133. The molecule has 26 heavy (non-hydrogen) atoms. The van der Waals surface area contributed by atoms with Crippen LogP contribution in [0.1, 0.15) is 16.7 Å². The van der Waals surface area contributed by atoms with Gasteiger partial charge in [-0.3, -0.25) is 9.59 Å². The van der Waals surface area contributed by atoms with E-state index in [1.165, 1.54) is 17.3 Å². The Bertz CT molecular complexity index is 748. The van der Waals surface area contributed by atoms with E-state index in [0.717, 1.165) is 16.9 Å². The zero-order chi connectivity index (χ0) is 18.8. The number of hydrogen-bond donors (Lipinski definition) is 2. The quantitative estimate of drug-likeness (QED) is 0.626. The molecule has 2 rings (SSSR count). The fourth-order valence-electron chi connectivity index (χ4n) is 2.35. The maximum Gasteiger partial charge on any atom is 0.313 e. The van der Waals surface area contributed by atoms with E-state index in [9.17, 15) is 9.59 Å². The van der Waals surface area contributed by atoms with Crippen molar-refractivity contribution in [3.8, 4) is 5.75 Å². The van der Waals surface area contributed by atoms with Crippen LogP contribution in [0.25, 0.3) is 0 Å². The van der Waals surface area contributed by atoms with Gasteiger partial charge in [-0.2, -0.15) is 0 Å². The smallest absolute Gasteiger partial charge is 0.313 e. The highest BCUT2D eigenvalue weighted by Gasteiger charge is 2.05. The summed E-state index contributed by atoms with van der Waals surface area (Å²) in [6.45, 7) is 3.00. The lowest BCUT2D eigenvalue weighted by atomic mass is 10.1. The molecule has 0 aromatic heterocycles. The second-order valence-corrected chi connectivity index (χ2v) is 6.94. The molecule has 6 heteroatoms. The first-order valence-corrected chi connectivity index (χ1v) is 9.52. The fraction of sp³-hybridized carbons (Fsp3) is 0.300. The maximum atomic E-state index is 12.0. The van der Waals surface area contributed by atoms with Gasteiger partial charge in [0.1, 0.15) is 12.4 Å². The molecular weight excluding hydrogens is 350 g/mol. The molecule has 2 N–H and O–H groups in total. The van der Waals surface area contributed by atoms with Crippen molar-refractivity contribution in [2.75, 3.05) is 18.1 Å². The van der Waals surface area contributed by atoms with Gasteiger partial charge in [0.15, 0.2) is 0 Å². The molecule has 0 unspecified atom stereocenters. The van der Waals surface area contributed by atoms with Crippen LogP contribution in [0.4, 0.5) is 0 Å². The van der Waals surface area contributed by atoms with Crippen molar-refractivity contribution in [1.29, 1.82) is 0 Å². The lowest BCUT2D eigenvalue weighted by Crippen LogP contribution is -2.27. The summed E-state index contributed by atoms with van der Waals surface area (Å²) in [6.07, 6.45) is 0.269. The van der Waals surface area contributed by atoms with E-state index in [2.05, 4.69) is 5.32 Å². The Kier molecular flexibility index (Phi) is 8.02. The molecule has 0 fully saturated rings. The van der Waals surface area contributed by atoms with Gasteiger partial charge >= 0.3 is 5.97 Å². The largest absolute Gasteiger partial charge is 0.489 e. The van der Waals surface area contributed by atoms with E-state index >= 15 is 0 Å². The first kappa shape index (κ1) is 19.8. The second-order valence-electron chi connectivity index (χ2n) is 5.84. The van der Waals surface area contributed by atoms with E-state index in [1.807, 2.05) is 55.5 Å². The van der Waals surface area contributed by atoms with Crippen LogP contribution in [0, 0.1) is 6.92 Å². The molecule has 0 atom stereocenters. The summed E-state index contributed by atoms with van der Waals surface area (Å²) in [7, 11) is 0. The Morgan fingerprint density at radius 1 is 1.15 bits per heavy atom. The number of benzene rings is 2. The number of thioether (sulfide) groups is 1. The van der Waals surface area contributed by atoms with Gasteiger partial charge in [0.05, 0.1) is 12.2 Å². The average Bonchev–Trinajstić information content (AvgIpc) is 2.61. The van der Waals surface area contributed by atoms with Gasteiger partial charge in [0.25, 0.3) is 0 Å². The van der Waals surface area contributed by atoms with Crippen molar-refractivity contribution in [3.05, 3.63) is 65.2 Å². The highest BCUT2D eigenvalue weighted by Crippen LogP contribution is 2.17. The van der Waals surface area contributed by atoms with Crippen LogP contribution in [-0.2, 0) is 22.6 Å². The molecule has 0 radical (unpaired) electrons. The molecule has 2 aromatic rings. The Hall–Kier alpha value is -2.47. The van der Waals surface area contributed by atoms with Gasteiger partial charge in [-0.25, -0.2) is 0 Å². The molecule has 5 nitrogen and oxygen atoms in total. The average molecular weight is 373 g/mol. The number of rotatable bonds is 10. The standard InChI is InChI=1S/C20H23NO4S/c1-15-5-2-3-7-17(15)13-25-18-8-4-6-16(11-18)12-19(22)21-9-10-26-14-20(23)24/h2-8,11H,9-10,12-14H2,1H3,(H,21,22)(H,23,24). The van der Waals surface area contributed by atoms with E-state index in [4.69, 9.17) is 9.84 Å². The number of nitrogens with one attached hydrogen (secondary N) is 1. The van der Waals surface area contributed by atoms with Crippen LogP contribution in [0.15, 0.2) is 48.5 Å². The highest BCUT2D eigenvalue weighted by atomic mass is 32.2. The van der Waals surface area contributed by atoms with Gasteiger partial charge in [-0.15, -0.1) is 11.8 Å². The SMILES string of the molecule is Cc1ccccc1COc1cccc(CC(=O)NCCSCC(=O)O)c1.